The van der Waals surface area contributed by atoms with Gasteiger partial charge in [-0.05, 0) is 45.7 Å². The molecule has 0 saturated carbocycles. The molecule has 0 aliphatic carbocycles. The highest BCUT2D eigenvalue weighted by Crippen LogP contribution is 2.08. The molecule has 0 aliphatic rings. The zero-order chi connectivity index (χ0) is 22.2. The number of aliphatic imine (C=N–C) groups is 1. The lowest BCUT2D eigenvalue weighted by molar-refractivity contribution is 0.0453. The first kappa shape index (κ1) is 25.7. The summed E-state index contributed by atoms with van der Waals surface area (Å²) >= 11 is 0. The minimum atomic E-state index is -0.503. The zero-order valence-electron chi connectivity index (χ0n) is 19.0. The standard InChI is InChI=1S/C22H38N4O4/c1-6-23-20(24-11-12-25-21(27)30-22(3,4)5)26-16-18-9-8-10-19(15-18)17-29-14-13-28-7-2/h8-10,15H,6-7,11-14,16-17H2,1-5H3,(H,25,27)(H2,23,24,26). The largest absolute Gasteiger partial charge is 0.444 e. The van der Waals surface area contributed by atoms with E-state index in [4.69, 9.17) is 14.2 Å². The van der Waals surface area contributed by atoms with E-state index in [0.29, 0.717) is 52.0 Å². The molecule has 8 heteroatoms. The molecular formula is C22H38N4O4. The van der Waals surface area contributed by atoms with E-state index in [0.717, 1.165) is 17.7 Å². The molecule has 0 radical (unpaired) electrons. The molecule has 0 fully saturated rings. The summed E-state index contributed by atoms with van der Waals surface area (Å²) in [6.45, 7) is 14.2. The van der Waals surface area contributed by atoms with Gasteiger partial charge >= 0.3 is 6.09 Å². The quantitative estimate of drug-likeness (QED) is 0.272. The van der Waals surface area contributed by atoms with Gasteiger partial charge in [0.05, 0.1) is 26.4 Å². The van der Waals surface area contributed by atoms with Gasteiger partial charge in [-0.25, -0.2) is 9.79 Å². The third-order valence-corrected chi connectivity index (χ3v) is 3.69. The molecule has 170 valence electrons. The Morgan fingerprint density at radius 2 is 1.70 bits per heavy atom. The van der Waals surface area contributed by atoms with Crippen LogP contribution in [0.2, 0.25) is 0 Å². The summed E-state index contributed by atoms with van der Waals surface area (Å²) in [4.78, 5) is 16.3. The Bertz CT molecular complexity index is 644. The molecule has 1 amide bonds. The number of alkyl carbamates (subject to hydrolysis) is 1. The fourth-order valence-corrected chi connectivity index (χ4v) is 2.44. The zero-order valence-corrected chi connectivity index (χ0v) is 19.0. The molecule has 0 saturated heterocycles. The number of ether oxygens (including phenoxy) is 3. The second-order valence-corrected chi connectivity index (χ2v) is 7.62. The number of hydrogen-bond donors (Lipinski definition) is 3. The fraction of sp³-hybridized carbons (Fsp3) is 0.636. The van der Waals surface area contributed by atoms with Crippen LogP contribution in [0, 0.1) is 0 Å². The van der Waals surface area contributed by atoms with Gasteiger partial charge in [0.1, 0.15) is 5.60 Å². The van der Waals surface area contributed by atoms with Crippen LogP contribution in [-0.2, 0) is 27.4 Å². The maximum Gasteiger partial charge on any atom is 0.407 e. The lowest BCUT2D eigenvalue weighted by Gasteiger charge is -2.19. The van der Waals surface area contributed by atoms with Gasteiger partial charge in [0, 0.05) is 26.2 Å². The Hall–Kier alpha value is -2.32. The van der Waals surface area contributed by atoms with Gasteiger partial charge in [-0.2, -0.15) is 0 Å². The Morgan fingerprint density at radius 3 is 2.40 bits per heavy atom. The number of carbonyl (C=O) groups excluding carboxylic acids is 1. The first-order valence-corrected chi connectivity index (χ1v) is 10.6. The maximum atomic E-state index is 11.7. The van der Waals surface area contributed by atoms with Crippen LogP contribution < -0.4 is 16.0 Å². The predicted octanol–water partition coefficient (Wildman–Crippen LogP) is 2.82. The van der Waals surface area contributed by atoms with Crippen LogP contribution in [0.1, 0.15) is 45.7 Å². The molecule has 1 aromatic carbocycles. The molecule has 30 heavy (non-hydrogen) atoms. The van der Waals surface area contributed by atoms with Crippen LogP contribution in [0.25, 0.3) is 0 Å². The van der Waals surface area contributed by atoms with Crippen molar-refractivity contribution in [3.05, 3.63) is 35.4 Å². The van der Waals surface area contributed by atoms with Crippen molar-refractivity contribution in [2.24, 2.45) is 4.99 Å². The number of nitrogens with one attached hydrogen (secondary N) is 3. The van der Waals surface area contributed by atoms with E-state index in [9.17, 15) is 4.79 Å². The minimum absolute atomic E-state index is 0.425. The molecular weight excluding hydrogens is 384 g/mol. The molecule has 0 aromatic heterocycles. The molecule has 0 bridgehead atoms. The summed E-state index contributed by atoms with van der Waals surface area (Å²) < 4.78 is 16.1. The van der Waals surface area contributed by atoms with E-state index >= 15 is 0 Å². The average molecular weight is 423 g/mol. The number of rotatable bonds is 12. The molecule has 1 rings (SSSR count). The topological polar surface area (TPSA) is 93.2 Å². The molecule has 0 spiro atoms. The van der Waals surface area contributed by atoms with Crippen LogP contribution >= 0.6 is 0 Å². The first-order valence-electron chi connectivity index (χ1n) is 10.6. The number of carbonyl (C=O) groups is 1. The van der Waals surface area contributed by atoms with Gasteiger partial charge in [-0.15, -0.1) is 0 Å². The molecule has 8 nitrogen and oxygen atoms in total. The van der Waals surface area contributed by atoms with Gasteiger partial charge in [0.25, 0.3) is 0 Å². The van der Waals surface area contributed by atoms with Gasteiger partial charge in [0.2, 0.25) is 0 Å². The van der Waals surface area contributed by atoms with Gasteiger partial charge in [0.15, 0.2) is 5.96 Å². The van der Waals surface area contributed by atoms with Crippen molar-refractivity contribution >= 4 is 12.1 Å². The molecule has 0 heterocycles. The molecule has 0 aliphatic heterocycles. The van der Waals surface area contributed by atoms with E-state index in [2.05, 4.69) is 27.0 Å². The van der Waals surface area contributed by atoms with Crippen molar-refractivity contribution in [2.75, 3.05) is 39.5 Å². The summed E-state index contributed by atoms with van der Waals surface area (Å²) in [6, 6.07) is 8.19. The molecule has 3 N–H and O–H groups in total. The molecule has 0 unspecified atom stereocenters. The highest BCUT2D eigenvalue weighted by molar-refractivity contribution is 5.79. The number of nitrogens with zero attached hydrogens (tertiary/aromatic N) is 1. The second kappa shape index (κ2) is 14.6. The Labute approximate surface area is 180 Å². The van der Waals surface area contributed by atoms with Crippen LogP contribution in [0.5, 0.6) is 0 Å². The van der Waals surface area contributed by atoms with Crippen LogP contribution in [-0.4, -0.2) is 57.1 Å². The number of benzene rings is 1. The molecule has 1 aromatic rings. The minimum Gasteiger partial charge on any atom is -0.444 e. The lowest BCUT2D eigenvalue weighted by Crippen LogP contribution is -2.42. The Morgan fingerprint density at radius 1 is 1.00 bits per heavy atom. The smallest absolute Gasteiger partial charge is 0.407 e. The van der Waals surface area contributed by atoms with Crippen molar-refractivity contribution < 1.29 is 19.0 Å². The maximum absolute atomic E-state index is 11.7. The summed E-state index contributed by atoms with van der Waals surface area (Å²) in [7, 11) is 0. The first-order chi connectivity index (χ1) is 14.3. The average Bonchev–Trinajstić information content (AvgIpc) is 2.68. The van der Waals surface area contributed by atoms with E-state index < -0.39 is 11.7 Å². The third-order valence-electron chi connectivity index (χ3n) is 3.69. The van der Waals surface area contributed by atoms with Crippen molar-refractivity contribution in [1.82, 2.24) is 16.0 Å². The van der Waals surface area contributed by atoms with E-state index in [-0.39, 0.29) is 0 Å². The van der Waals surface area contributed by atoms with E-state index in [1.807, 2.05) is 52.8 Å². The monoisotopic (exact) mass is 422 g/mol. The van der Waals surface area contributed by atoms with E-state index in [1.165, 1.54) is 0 Å². The normalized spacial score (nSPS) is 11.8. The summed E-state index contributed by atoms with van der Waals surface area (Å²) in [6.07, 6.45) is -0.425. The van der Waals surface area contributed by atoms with Crippen LogP contribution in [0.15, 0.2) is 29.3 Å². The van der Waals surface area contributed by atoms with Crippen LogP contribution in [0.4, 0.5) is 4.79 Å². The number of hydrogen-bond acceptors (Lipinski definition) is 5. The highest BCUT2D eigenvalue weighted by Gasteiger charge is 2.15. The lowest BCUT2D eigenvalue weighted by atomic mass is 10.1. The third kappa shape index (κ3) is 13.0. The van der Waals surface area contributed by atoms with Crippen molar-refractivity contribution in [2.45, 2.75) is 53.4 Å². The van der Waals surface area contributed by atoms with Crippen LogP contribution in [0.3, 0.4) is 0 Å². The fourth-order valence-electron chi connectivity index (χ4n) is 2.44. The van der Waals surface area contributed by atoms with Gasteiger partial charge < -0.3 is 30.2 Å². The summed E-state index contributed by atoms with van der Waals surface area (Å²) in [5.74, 6) is 0.696. The number of guanidine groups is 1. The SMILES string of the molecule is CCNC(=NCc1cccc(COCCOCC)c1)NCCNC(=O)OC(C)(C)C. The van der Waals surface area contributed by atoms with Crippen molar-refractivity contribution in [3.63, 3.8) is 0 Å². The summed E-state index contributed by atoms with van der Waals surface area (Å²) in [5, 5.41) is 9.13. The highest BCUT2D eigenvalue weighted by atomic mass is 16.6. The predicted molar refractivity (Wildman–Crippen MR) is 120 cm³/mol. The van der Waals surface area contributed by atoms with Crippen molar-refractivity contribution in [3.8, 4) is 0 Å². The Balaban J connectivity index is 2.44. The van der Waals surface area contributed by atoms with Gasteiger partial charge in [-0.3, -0.25) is 0 Å². The Kier molecular flexibility index (Phi) is 12.5. The summed E-state index contributed by atoms with van der Waals surface area (Å²) in [5.41, 5.74) is 1.71. The second-order valence-electron chi connectivity index (χ2n) is 7.62. The number of amides is 1. The van der Waals surface area contributed by atoms with E-state index in [1.54, 1.807) is 0 Å². The van der Waals surface area contributed by atoms with Gasteiger partial charge in [-0.1, -0.05) is 24.3 Å². The molecule has 0 atom stereocenters. The van der Waals surface area contributed by atoms with Crippen molar-refractivity contribution in [1.29, 1.82) is 0 Å².